The lowest BCUT2D eigenvalue weighted by Gasteiger charge is -2.37. The van der Waals surface area contributed by atoms with Crippen molar-refractivity contribution in [2.45, 2.75) is 38.9 Å². The van der Waals surface area contributed by atoms with Gasteiger partial charge in [-0.25, -0.2) is 0 Å². The molecule has 0 aliphatic carbocycles. The lowest BCUT2D eigenvalue weighted by atomic mass is 9.82. The van der Waals surface area contributed by atoms with E-state index < -0.39 is 11.2 Å². The molecule has 0 aliphatic heterocycles. The van der Waals surface area contributed by atoms with Crippen LogP contribution in [0.4, 0.5) is 0 Å². The fourth-order valence-corrected chi connectivity index (χ4v) is 2.75. The number of hydrogen-bond donors (Lipinski definition) is 1. The van der Waals surface area contributed by atoms with Gasteiger partial charge in [0.05, 0.1) is 17.5 Å². The quantitative estimate of drug-likeness (QED) is 0.570. The smallest absolute Gasteiger partial charge is 0.334 e. The van der Waals surface area contributed by atoms with Crippen LogP contribution in [-0.4, -0.2) is 23.8 Å². The van der Waals surface area contributed by atoms with Crippen LogP contribution in [0.1, 0.15) is 27.7 Å². The monoisotopic (exact) mass is 335 g/mol. The van der Waals surface area contributed by atoms with E-state index >= 15 is 0 Å². The molecule has 0 bridgehead atoms. The summed E-state index contributed by atoms with van der Waals surface area (Å²) in [5, 5.41) is 13.3. The van der Waals surface area contributed by atoms with Crippen LogP contribution in [0.3, 0.4) is 0 Å². The number of aliphatic hydroxyl groups is 1. The Kier molecular flexibility index (Phi) is 3.50. The molecular weight excluding hydrogens is 315 g/mol. The first-order valence-electron chi connectivity index (χ1n) is 8.33. The zero-order chi connectivity index (χ0) is 17.8. The third kappa shape index (κ3) is 2.55. The summed E-state index contributed by atoms with van der Waals surface area (Å²) < 4.78 is 17.6. The number of hydrogen-bond acceptors (Lipinski definition) is 4. The molecule has 0 amide bonds. The van der Waals surface area contributed by atoms with Crippen molar-refractivity contribution >= 4 is 45.9 Å². The first-order chi connectivity index (χ1) is 11.8. The van der Waals surface area contributed by atoms with Crippen LogP contribution in [0, 0.1) is 0 Å². The maximum Gasteiger partial charge on any atom is 0.334 e. The van der Waals surface area contributed by atoms with E-state index in [4.69, 9.17) is 13.5 Å². The van der Waals surface area contributed by atoms with Crippen molar-refractivity contribution in [3.8, 4) is 0 Å². The molecule has 0 atom stereocenters. The lowest BCUT2D eigenvalue weighted by molar-refractivity contribution is -0.0893. The molecule has 25 heavy (non-hydrogen) atoms. The summed E-state index contributed by atoms with van der Waals surface area (Å²) >= 11 is 0. The Morgan fingerprint density at radius 3 is 2.44 bits per heavy atom. The Morgan fingerprint density at radius 1 is 0.920 bits per heavy atom. The van der Waals surface area contributed by atoms with E-state index in [-0.39, 0.29) is 0 Å². The van der Waals surface area contributed by atoms with Gasteiger partial charge in [0, 0.05) is 16.2 Å². The van der Waals surface area contributed by atoms with Crippen LogP contribution < -0.4 is 5.46 Å². The highest BCUT2D eigenvalue weighted by Crippen LogP contribution is 2.33. The van der Waals surface area contributed by atoms with E-state index in [0.717, 1.165) is 38.4 Å². The van der Waals surface area contributed by atoms with Crippen LogP contribution >= 0.6 is 0 Å². The second kappa shape index (κ2) is 5.38. The number of benzene rings is 2. The Hall–Kier alpha value is -2.24. The van der Waals surface area contributed by atoms with Gasteiger partial charge in [0.1, 0.15) is 5.58 Å². The van der Waals surface area contributed by atoms with Crippen LogP contribution in [0.5, 0.6) is 0 Å². The van der Waals surface area contributed by atoms with Crippen molar-refractivity contribution in [1.82, 2.24) is 0 Å². The highest BCUT2D eigenvalue weighted by Gasteiger charge is 2.36. The third-order valence-electron chi connectivity index (χ3n) is 5.07. The van der Waals surface area contributed by atoms with E-state index in [2.05, 4.69) is 0 Å². The number of para-hydroxylation sites is 1. The molecule has 5 heteroatoms. The van der Waals surface area contributed by atoms with Crippen LogP contribution in [0.2, 0.25) is 0 Å². The summed E-state index contributed by atoms with van der Waals surface area (Å²) in [6.07, 6.45) is 1.67. The minimum Gasteiger partial charge on any atom is -0.460 e. The van der Waals surface area contributed by atoms with E-state index in [1.807, 2.05) is 50.2 Å². The SMILES string of the molecule is CC(C)(O)C(C)(C)O[B]c1cccc2c1oc1c2ccc2ccoc21. The van der Waals surface area contributed by atoms with Crippen molar-refractivity contribution in [3.05, 3.63) is 42.7 Å². The molecule has 4 rings (SSSR count). The average Bonchev–Trinajstić information content (AvgIpc) is 3.15. The van der Waals surface area contributed by atoms with Crippen molar-refractivity contribution in [2.24, 2.45) is 0 Å². The molecule has 0 saturated carbocycles. The van der Waals surface area contributed by atoms with Crippen LogP contribution in [-0.2, 0) is 4.65 Å². The van der Waals surface area contributed by atoms with Gasteiger partial charge < -0.3 is 18.6 Å². The van der Waals surface area contributed by atoms with Gasteiger partial charge in [0.2, 0.25) is 0 Å². The zero-order valence-electron chi connectivity index (χ0n) is 14.8. The van der Waals surface area contributed by atoms with Crippen molar-refractivity contribution in [1.29, 1.82) is 0 Å². The van der Waals surface area contributed by atoms with E-state index in [0.29, 0.717) is 0 Å². The van der Waals surface area contributed by atoms with Crippen LogP contribution in [0.25, 0.3) is 32.9 Å². The molecule has 1 N–H and O–H groups in total. The van der Waals surface area contributed by atoms with E-state index in [1.54, 1.807) is 27.6 Å². The molecule has 0 aliphatic rings. The van der Waals surface area contributed by atoms with Crippen LogP contribution in [0.15, 0.2) is 51.5 Å². The van der Waals surface area contributed by atoms with Gasteiger partial charge >= 0.3 is 7.48 Å². The summed E-state index contributed by atoms with van der Waals surface area (Å²) in [6.45, 7) is 7.18. The fraction of sp³-hybridized carbons (Fsp3) is 0.300. The molecule has 0 unspecified atom stereocenters. The molecule has 4 aromatic rings. The molecule has 1 radical (unpaired) electrons. The van der Waals surface area contributed by atoms with Crippen molar-refractivity contribution < 1.29 is 18.6 Å². The summed E-state index contributed by atoms with van der Waals surface area (Å²) in [5.41, 5.74) is 1.33. The largest absolute Gasteiger partial charge is 0.460 e. The van der Waals surface area contributed by atoms with Gasteiger partial charge in [-0.15, -0.1) is 0 Å². The zero-order valence-corrected chi connectivity index (χ0v) is 14.8. The summed E-state index contributed by atoms with van der Waals surface area (Å²) in [4.78, 5) is 0. The van der Waals surface area contributed by atoms with Crippen molar-refractivity contribution in [2.75, 3.05) is 0 Å². The van der Waals surface area contributed by atoms with Gasteiger partial charge in [0.15, 0.2) is 11.2 Å². The summed E-state index contributed by atoms with van der Waals surface area (Å²) in [7, 11) is 1.65. The highest BCUT2D eigenvalue weighted by molar-refractivity contribution is 6.51. The van der Waals surface area contributed by atoms with Gasteiger partial charge in [-0.3, -0.25) is 0 Å². The summed E-state index contributed by atoms with van der Waals surface area (Å²) in [6, 6.07) is 11.9. The highest BCUT2D eigenvalue weighted by atomic mass is 16.5. The van der Waals surface area contributed by atoms with Gasteiger partial charge in [-0.2, -0.15) is 0 Å². The van der Waals surface area contributed by atoms with E-state index in [1.165, 1.54) is 0 Å². The number of rotatable bonds is 4. The molecule has 0 spiro atoms. The second-order valence-electron chi connectivity index (χ2n) is 7.41. The Labute approximate surface area is 146 Å². The van der Waals surface area contributed by atoms with Gasteiger partial charge in [0.25, 0.3) is 0 Å². The van der Waals surface area contributed by atoms with Gasteiger partial charge in [-0.05, 0) is 45.3 Å². The molecule has 2 aromatic carbocycles. The number of fused-ring (bicyclic) bond motifs is 5. The Balaban J connectivity index is 1.81. The molecular formula is C20H20BO4. The first-order valence-corrected chi connectivity index (χ1v) is 8.33. The number of furan rings is 2. The fourth-order valence-electron chi connectivity index (χ4n) is 2.75. The minimum atomic E-state index is -0.981. The summed E-state index contributed by atoms with van der Waals surface area (Å²) in [5.74, 6) is 0. The topological polar surface area (TPSA) is 55.7 Å². The first kappa shape index (κ1) is 16.2. The Bertz CT molecular complexity index is 1070. The average molecular weight is 335 g/mol. The standard InChI is InChI=1S/C20H20BO4/c1-19(2,22)20(3,4)25-21-15-7-5-6-13-14-9-8-12-10-11-23-16(12)18(14)24-17(13)15/h5-11,22H,1-4H3. The molecule has 0 fully saturated rings. The predicted molar refractivity (Wildman–Crippen MR) is 100 cm³/mol. The minimum absolute atomic E-state index is 0.736. The maximum absolute atomic E-state index is 10.3. The molecule has 2 aromatic heterocycles. The normalized spacial score (nSPS) is 13.2. The second-order valence-corrected chi connectivity index (χ2v) is 7.41. The third-order valence-corrected chi connectivity index (χ3v) is 5.07. The molecule has 127 valence electrons. The lowest BCUT2D eigenvalue weighted by Crippen LogP contribution is -2.49. The predicted octanol–water partition coefficient (Wildman–Crippen LogP) is 4.14. The van der Waals surface area contributed by atoms with E-state index in [9.17, 15) is 5.11 Å². The molecule has 0 saturated heterocycles. The van der Waals surface area contributed by atoms with Gasteiger partial charge in [-0.1, -0.05) is 24.3 Å². The maximum atomic E-state index is 10.3. The molecule has 4 nitrogen and oxygen atoms in total. The Morgan fingerprint density at radius 2 is 1.68 bits per heavy atom. The molecule has 2 heterocycles. The van der Waals surface area contributed by atoms with Crippen molar-refractivity contribution in [3.63, 3.8) is 0 Å².